The summed E-state index contributed by atoms with van der Waals surface area (Å²) in [5, 5.41) is 2.01. The normalized spacial score (nSPS) is 8.00. The summed E-state index contributed by atoms with van der Waals surface area (Å²) in [5.41, 5.74) is 0.312. The molecular formula is C7H6NNaO3. The van der Waals surface area contributed by atoms with E-state index in [0.29, 0.717) is 5.56 Å². The van der Waals surface area contributed by atoms with Gasteiger partial charge in [-0.1, -0.05) is 18.2 Å². The van der Waals surface area contributed by atoms with Gasteiger partial charge in [-0.2, -0.15) is 0 Å². The minimum atomic E-state index is -0.736. The molecule has 1 aromatic carbocycles. The largest absolute Gasteiger partial charge is 1.00 e. The summed E-state index contributed by atoms with van der Waals surface area (Å²) in [5.74, 6) is -0.736. The fourth-order valence-corrected chi connectivity index (χ4v) is 0.661. The number of rotatable bonds is 2. The molecule has 0 unspecified atom stereocenters. The fraction of sp³-hybridized carbons (Fsp3) is 0. The third kappa shape index (κ3) is 3.13. The van der Waals surface area contributed by atoms with Gasteiger partial charge in [0.25, 0.3) is 0 Å². The summed E-state index contributed by atoms with van der Waals surface area (Å²) in [6.45, 7) is 0. The molecule has 4 nitrogen and oxygen atoms in total. The molecule has 58 valence electrons. The average molecular weight is 175 g/mol. The first-order valence-electron chi connectivity index (χ1n) is 2.93. The Kier molecular flexibility index (Phi) is 5.53. The Balaban J connectivity index is 0. The van der Waals surface area contributed by atoms with Crippen LogP contribution in [0.4, 0.5) is 0 Å². The second-order valence-electron chi connectivity index (χ2n) is 1.82. The zero-order valence-corrected chi connectivity index (χ0v) is 8.56. The van der Waals surface area contributed by atoms with Crippen molar-refractivity contribution >= 4 is 5.97 Å². The van der Waals surface area contributed by atoms with Gasteiger partial charge in [0.1, 0.15) is 0 Å². The third-order valence-electron chi connectivity index (χ3n) is 1.13. The summed E-state index contributed by atoms with van der Waals surface area (Å²) in [4.78, 5) is 24.1. The smallest absolute Gasteiger partial charge is 1.00 e. The van der Waals surface area contributed by atoms with Gasteiger partial charge >= 0.3 is 35.5 Å². The average Bonchev–Trinajstić information content (AvgIpc) is 2.07. The molecule has 1 aromatic rings. The minimum Gasteiger partial charge on any atom is -1.00 e. The first kappa shape index (κ1) is 11.3. The molecule has 0 atom stereocenters. The molecule has 0 aliphatic rings. The molecule has 0 aliphatic heterocycles. The van der Waals surface area contributed by atoms with Crippen LogP contribution in [0, 0.1) is 4.91 Å². The summed E-state index contributed by atoms with van der Waals surface area (Å²) in [6, 6.07) is 8.16. The molecule has 5 heteroatoms. The number of benzene rings is 1. The van der Waals surface area contributed by atoms with Crippen molar-refractivity contribution in [2.75, 3.05) is 0 Å². The molecular weight excluding hydrogens is 169 g/mol. The van der Waals surface area contributed by atoms with Crippen molar-refractivity contribution in [2.45, 2.75) is 0 Å². The Hall–Kier alpha value is -0.710. The van der Waals surface area contributed by atoms with E-state index in [4.69, 9.17) is 0 Å². The third-order valence-corrected chi connectivity index (χ3v) is 1.13. The van der Waals surface area contributed by atoms with Gasteiger partial charge in [0.15, 0.2) is 5.34 Å². The van der Waals surface area contributed by atoms with Crippen LogP contribution in [0.15, 0.2) is 35.7 Å². The van der Waals surface area contributed by atoms with Crippen LogP contribution in [-0.4, -0.2) is 5.97 Å². The Morgan fingerprint density at radius 3 is 2.42 bits per heavy atom. The first-order valence-corrected chi connectivity index (χ1v) is 2.93. The Bertz CT molecular complexity index is 268. The minimum absolute atomic E-state index is 0. The Morgan fingerprint density at radius 1 is 1.33 bits per heavy atom. The molecule has 0 bridgehead atoms. The fourth-order valence-electron chi connectivity index (χ4n) is 0.661. The van der Waals surface area contributed by atoms with Gasteiger partial charge in [0.2, 0.25) is 0 Å². The maximum absolute atomic E-state index is 10.7. The van der Waals surface area contributed by atoms with Crippen molar-refractivity contribution in [3.05, 3.63) is 40.8 Å². The van der Waals surface area contributed by atoms with Gasteiger partial charge in [-0.3, -0.25) is 4.84 Å². The second-order valence-corrected chi connectivity index (χ2v) is 1.82. The van der Waals surface area contributed by atoms with Crippen molar-refractivity contribution in [1.82, 2.24) is 0 Å². The van der Waals surface area contributed by atoms with Crippen molar-refractivity contribution in [3.8, 4) is 0 Å². The van der Waals surface area contributed by atoms with Crippen molar-refractivity contribution in [1.29, 1.82) is 0 Å². The molecule has 0 saturated heterocycles. The van der Waals surface area contributed by atoms with Gasteiger partial charge in [0.05, 0.1) is 5.56 Å². The number of carbonyl (C=O) groups excluding carboxylic acids is 1. The maximum atomic E-state index is 10.7. The number of hydrogen-bond donors (Lipinski definition) is 0. The topological polar surface area (TPSA) is 55.7 Å². The molecule has 0 aromatic heterocycles. The maximum Gasteiger partial charge on any atom is 1.00 e. The van der Waals surface area contributed by atoms with Crippen LogP contribution in [0.3, 0.4) is 0 Å². The van der Waals surface area contributed by atoms with E-state index >= 15 is 0 Å². The molecule has 0 aliphatic carbocycles. The summed E-state index contributed by atoms with van der Waals surface area (Å²) in [6.07, 6.45) is 0. The summed E-state index contributed by atoms with van der Waals surface area (Å²) in [7, 11) is 0. The van der Waals surface area contributed by atoms with E-state index in [1.807, 2.05) is 5.34 Å². The van der Waals surface area contributed by atoms with E-state index in [9.17, 15) is 9.70 Å². The van der Waals surface area contributed by atoms with Gasteiger partial charge in [-0.15, -0.1) is 4.91 Å². The van der Waals surface area contributed by atoms with Gasteiger partial charge in [-0.25, -0.2) is 4.79 Å². The predicted molar refractivity (Wildman–Crippen MR) is 38.8 cm³/mol. The predicted octanol–water partition coefficient (Wildman–Crippen LogP) is -1.36. The van der Waals surface area contributed by atoms with Crippen LogP contribution in [0.5, 0.6) is 0 Å². The molecule has 0 radical (unpaired) electrons. The summed E-state index contributed by atoms with van der Waals surface area (Å²) < 4.78 is 0. The van der Waals surface area contributed by atoms with E-state index < -0.39 is 5.97 Å². The Labute approximate surface area is 92.6 Å². The first-order chi connectivity index (χ1) is 5.34. The SMILES string of the molecule is O=NOC(=O)c1ccccc1.[H-].[Na+]. The van der Waals surface area contributed by atoms with Crippen molar-refractivity contribution < 1.29 is 40.6 Å². The van der Waals surface area contributed by atoms with Crippen LogP contribution < -0.4 is 29.6 Å². The van der Waals surface area contributed by atoms with Gasteiger partial charge in [0, 0.05) is 0 Å². The van der Waals surface area contributed by atoms with E-state index in [-0.39, 0.29) is 31.0 Å². The van der Waals surface area contributed by atoms with Crippen LogP contribution in [0.25, 0.3) is 0 Å². The van der Waals surface area contributed by atoms with E-state index in [2.05, 4.69) is 4.84 Å². The van der Waals surface area contributed by atoms with Crippen LogP contribution in [-0.2, 0) is 4.84 Å². The van der Waals surface area contributed by atoms with Crippen molar-refractivity contribution in [2.24, 2.45) is 5.34 Å². The zero-order valence-electron chi connectivity index (χ0n) is 7.56. The second kappa shape index (κ2) is 5.88. The van der Waals surface area contributed by atoms with Gasteiger partial charge < -0.3 is 1.43 Å². The molecule has 0 spiro atoms. The number of hydrogen-bond acceptors (Lipinski definition) is 4. The quantitative estimate of drug-likeness (QED) is 0.317. The molecule has 0 fully saturated rings. The van der Waals surface area contributed by atoms with E-state index in [1.165, 1.54) is 12.1 Å². The molecule has 12 heavy (non-hydrogen) atoms. The Morgan fingerprint density at radius 2 is 1.92 bits per heavy atom. The molecule has 0 saturated carbocycles. The van der Waals surface area contributed by atoms with Crippen LogP contribution in [0.1, 0.15) is 11.8 Å². The van der Waals surface area contributed by atoms with Crippen LogP contribution in [0.2, 0.25) is 0 Å². The molecule has 1 rings (SSSR count). The van der Waals surface area contributed by atoms with Gasteiger partial charge in [-0.05, 0) is 12.1 Å². The molecule has 0 amide bonds. The summed E-state index contributed by atoms with van der Waals surface area (Å²) >= 11 is 0. The monoisotopic (exact) mass is 175 g/mol. The van der Waals surface area contributed by atoms with E-state index in [1.54, 1.807) is 18.2 Å². The zero-order chi connectivity index (χ0) is 8.10. The number of carbonyl (C=O) groups is 1. The molecule has 0 heterocycles. The van der Waals surface area contributed by atoms with Crippen LogP contribution >= 0.6 is 0 Å². The van der Waals surface area contributed by atoms with Crippen molar-refractivity contribution in [3.63, 3.8) is 0 Å². The standard InChI is InChI=1S/C7H5NO3.Na.H/c9-7(11-8-10)6-4-2-1-3-5-6;;/h1-5H;;/q;+1;-1. The van der Waals surface area contributed by atoms with E-state index in [0.717, 1.165) is 0 Å². The number of nitrogens with zero attached hydrogens (tertiary/aromatic N) is 1. The molecule has 0 N–H and O–H groups in total.